The molecule has 2 heterocycles. The highest BCUT2D eigenvalue weighted by atomic mass is 32.2. The zero-order chi connectivity index (χ0) is 13.3. The molecule has 0 aromatic carbocycles. The van der Waals surface area contributed by atoms with Gasteiger partial charge in [0.05, 0.1) is 4.91 Å². The lowest BCUT2D eigenvalue weighted by atomic mass is 10.2. The van der Waals surface area contributed by atoms with Gasteiger partial charge in [-0.15, -0.1) is 0 Å². The Balaban J connectivity index is 2.25. The van der Waals surface area contributed by atoms with Crippen molar-refractivity contribution in [1.29, 1.82) is 0 Å². The molecule has 0 bridgehead atoms. The average Bonchev–Trinajstić information content (AvgIpc) is 2.84. The van der Waals surface area contributed by atoms with Gasteiger partial charge in [0.25, 0.3) is 5.91 Å². The summed E-state index contributed by atoms with van der Waals surface area (Å²) in [6, 6.07) is 3.87. The van der Waals surface area contributed by atoms with Crippen molar-refractivity contribution in [2.45, 2.75) is 33.2 Å². The van der Waals surface area contributed by atoms with E-state index in [-0.39, 0.29) is 11.9 Å². The van der Waals surface area contributed by atoms with Gasteiger partial charge in [0.2, 0.25) is 0 Å². The quantitative estimate of drug-likeness (QED) is 0.626. The molecule has 0 radical (unpaired) electrons. The summed E-state index contributed by atoms with van der Waals surface area (Å²) in [6.07, 6.45) is 2.65. The third-order valence-electron chi connectivity index (χ3n) is 2.89. The van der Waals surface area contributed by atoms with E-state index in [9.17, 15) is 4.79 Å². The van der Waals surface area contributed by atoms with Gasteiger partial charge in [-0.2, -0.15) is 0 Å². The Labute approximate surface area is 116 Å². The van der Waals surface area contributed by atoms with Crippen molar-refractivity contribution >= 4 is 40.3 Å². The van der Waals surface area contributed by atoms with Crippen LogP contribution < -0.4 is 0 Å². The minimum atomic E-state index is -0.0200. The van der Waals surface area contributed by atoms with E-state index in [1.807, 2.05) is 32.9 Å². The minimum Gasteiger partial charge on any atom is -0.462 e. The molecular formula is C13H15NO2S2. The summed E-state index contributed by atoms with van der Waals surface area (Å²) in [7, 11) is 0. The average molecular weight is 281 g/mol. The summed E-state index contributed by atoms with van der Waals surface area (Å²) < 4.78 is 6.08. The second-order valence-corrected chi connectivity index (χ2v) is 5.93. The molecule has 0 saturated carbocycles. The van der Waals surface area contributed by atoms with Crippen molar-refractivity contribution in [3.8, 4) is 0 Å². The molecule has 1 aliphatic heterocycles. The fraction of sp³-hybridized carbons (Fsp3) is 0.385. The molecule has 0 N–H and O–H groups in total. The number of aryl methyl sites for hydroxylation is 1. The fourth-order valence-corrected chi connectivity index (χ4v) is 3.14. The molecule has 3 nitrogen and oxygen atoms in total. The third-order valence-corrected chi connectivity index (χ3v) is 4.22. The molecule has 96 valence electrons. The number of carbonyl (C=O) groups excluding carboxylic acids is 1. The van der Waals surface area contributed by atoms with Crippen molar-refractivity contribution < 1.29 is 9.21 Å². The number of thiocarbonyl (C=S) groups is 1. The van der Waals surface area contributed by atoms with Gasteiger partial charge in [-0.25, -0.2) is 0 Å². The standard InChI is InChI=1S/C13H15NO2S2/c1-4-8(2)14-12(15)11(18-13(14)17)7-10-6-5-9(3)16-10/h5-8H,4H2,1-3H3. The van der Waals surface area contributed by atoms with Crippen LogP contribution in [-0.4, -0.2) is 21.2 Å². The number of nitrogens with zero attached hydrogens (tertiary/aromatic N) is 1. The summed E-state index contributed by atoms with van der Waals surface area (Å²) >= 11 is 6.59. The van der Waals surface area contributed by atoms with E-state index in [1.54, 1.807) is 11.0 Å². The molecule has 1 aliphatic rings. The van der Waals surface area contributed by atoms with Crippen molar-refractivity contribution in [2.75, 3.05) is 0 Å². The molecule has 18 heavy (non-hydrogen) atoms. The van der Waals surface area contributed by atoms with Crippen LogP contribution in [-0.2, 0) is 4.79 Å². The first-order valence-corrected chi connectivity index (χ1v) is 7.09. The molecule has 1 unspecified atom stereocenters. The summed E-state index contributed by atoms with van der Waals surface area (Å²) in [5.74, 6) is 1.50. The highest BCUT2D eigenvalue weighted by Gasteiger charge is 2.34. The van der Waals surface area contributed by atoms with Gasteiger partial charge >= 0.3 is 0 Å². The molecule has 0 aliphatic carbocycles. The fourth-order valence-electron chi connectivity index (χ4n) is 1.70. The van der Waals surface area contributed by atoms with Crippen LogP contribution in [0.4, 0.5) is 0 Å². The molecule has 1 aromatic heterocycles. The lowest BCUT2D eigenvalue weighted by molar-refractivity contribution is -0.123. The maximum absolute atomic E-state index is 12.2. The smallest absolute Gasteiger partial charge is 0.266 e. The molecule has 1 amide bonds. The molecule has 5 heteroatoms. The van der Waals surface area contributed by atoms with Gasteiger partial charge in [0.15, 0.2) is 0 Å². The lowest BCUT2D eigenvalue weighted by Crippen LogP contribution is -2.36. The monoisotopic (exact) mass is 281 g/mol. The first-order valence-electron chi connectivity index (χ1n) is 5.86. The number of carbonyl (C=O) groups is 1. The number of rotatable bonds is 3. The van der Waals surface area contributed by atoms with Crippen LogP contribution in [0, 0.1) is 6.92 Å². The summed E-state index contributed by atoms with van der Waals surface area (Å²) in [5.41, 5.74) is 0. The number of hydrogen-bond acceptors (Lipinski definition) is 4. The summed E-state index contributed by atoms with van der Waals surface area (Å²) in [5, 5.41) is 0. The van der Waals surface area contributed by atoms with Gasteiger partial charge in [0.1, 0.15) is 15.8 Å². The summed E-state index contributed by atoms with van der Waals surface area (Å²) in [6.45, 7) is 5.93. The second kappa shape index (κ2) is 5.28. The van der Waals surface area contributed by atoms with Gasteiger partial charge in [0, 0.05) is 12.1 Å². The molecular weight excluding hydrogens is 266 g/mol. The lowest BCUT2D eigenvalue weighted by Gasteiger charge is -2.21. The molecule has 1 saturated heterocycles. The zero-order valence-corrected chi connectivity index (χ0v) is 12.2. The van der Waals surface area contributed by atoms with Crippen molar-refractivity contribution in [2.24, 2.45) is 0 Å². The number of hydrogen-bond donors (Lipinski definition) is 0. The first kappa shape index (κ1) is 13.4. The number of thioether (sulfide) groups is 1. The Morgan fingerprint density at radius 3 is 2.83 bits per heavy atom. The van der Waals surface area contributed by atoms with E-state index in [2.05, 4.69) is 0 Å². The van der Waals surface area contributed by atoms with Crippen molar-refractivity contribution in [3.05, 3.63) is 28.6 Å². The maximum Gasteiger partial charge on any atom is 0.266 e. The Kier molecular flexibility index (Phi) is 3.92. The van der Waals surface area contributed by atoms with Crippen LogP contribution in [0.25, 0.3) is 6.08 Å². The predicted octanol–water partition coefficient (Wildman–Crippen LogP) is 3.59. The molecule has 0 spiro atoms. The van der Waals surface area contributed by atoms with Crippen molar-refractivity contribution in [3.63, 3.8) is 0 Å². The Hall–Kier alpha value is -1.07. The van der Waals surface area contributed by atoms with Gasteiger partial charge < -0.3 is 4.42 Å². The van der Waals surface area contributed by atoms with E-state index in [4.69, 9.17) is 16.6 Å². The largest absolute Gasteiger partial charge is 0.462 e. The summed E-state index contributed by atoms with van der Waals surface area (Å²) in [4.78, 5) is 14.6. The first-order chi connectivity index (χ1) is 8.52. The van der Waals surface area contributed by atoms with E-state index in [1.165, 1.54) is 11.8 Å². The Morgan fingerprint density at radius 2 is 2.28 bits per heavy atom. The van der Waals surface area contributed by atoms with Crippen molar-refractivity contribution in [1.82, 2.24) is 4.90 Å². The Bertz CT molecular complexity index is 519. The zero-order valence-electron chi connectivity index (χ0n) is 10.6. The second-order valence-electron chi connectivity index (χ2n) is 4.26. The SMILES string of the molecule is CCC(C)N1C(=O)C(=Cc2ccc(C)o2)SC1=S. The highest BCUT2D eigenvalue weighted by Crippen LogP contribution is 2.34. The van der Waals surface area contributed by atoms with E-state index < -0.39 is 0 Å². The van der Waals surface area contributed by atoms with Crippen LogP contribution in [0.1, 0.15) is 31.8 Å². The topological polar surface area (TPSA) is 33.5 Å². The normalized spacial score (nSPS) is 19.9. The maximum atomic E-state index is 12.2. The van der Waals surface area contributed by atoms with Crippen LogP contribution >= 0.6 is 24.0 Å². The molecule has 2 rings (SSSR count). The molecule has 1 atom stereocenters. The van der Waals surface area contributed by atoms with Gasteiger partial charge in [-0.3, -0.25) is 9.69 Å². The van der Waals surface area contributed by atoms with Crippen LogP contribution in [0.5, 0.6) is 0 Å². The number of amides is 1. The molecule has 1 fully saturated rings. The van der Waals surface area contributed by atoms with E-state index in [0.29, 0.717) is 15.0 Å². The van der Waals surface area contributed by atoms with Crippen LogP contribution in [0.3, 0.4) is 0 Å². The minimum absolute atomic E-state index is 0.0200. The van der Waals surface area contributed by atoms with Crippen LogP contribution in [0.15, 0.2) is 21.5 Å². The van der Waals surface area contributed by atoms with Crippen LogP contribution in [0.2, 0.25) is 0 Å². The number of furan rings is 1. The van der Waals surface area contributed by atoms with Gasteiger partial charge in [-0.05, 0) is 32.4 Å². The van der Waals surface area contributed by atoms with Gasteiger partial charge in [-0.1, -0.05) is 30.9 Å². The van der Waals surface area contributed by atoms with E-state index >= 15 is 0 Å². The Morgan fingerprint density at radius 1 is 1.56 bits per heavy atom. The third kappa shape index (κ3) is 2.52. The highest BCUT2D eigenvalue weighted by molar-refractivity contribution is 8.26. The predicted molar refractivity (Wildman–Crippen MR) is 78.2 cm³/mol. The molecule has 1 aromatic rings. The van der Waals surface area contributed by atoms with E-state index in [0.717, 1.165) is 12.2 Å².